The molecule has 0 radical (unpaired) electrons. The number of rotatable bonds is 6. The summed E-state index contributed by atoms with van der Waals surface area (Å²) in [7, 11) is -3.78. The van der Waals surface area contributed by atoms with E-state index >= 15 is 0 Å². The van der Waals surface area contributed by atoms with Gasteiger partial charge in [0.05, 0.1) is 6.61 Å². The van der Waals surface area contributed by atoms with Gasteiger partial charge in [-0.05, 0) is 34.6 Å². The summed E-state index contributed by atoms with van der Waals surface area (Å²) >= 11 is 0. The standard InChI is InChI=1S/C12H19O4P/c1-8-11(4,5)15-17(13,14-10-3)16-12(6,7)9-2/h1-2H,10H2,3-7H3. The van der Waals surface area contributed by atoms with Crippen LogP contribution in [0.1, 0.15) is 34.6 Å². The average molecular weight is 258 g/mol. The van der Waals surface area contributed by atoms with Crippen molar-refractivity contribution in [3.05, 3.63) is 0 Å². The van der Waals surface area contributed by atoms with E-state index in [4.69, 9.17) is 26.4 Å². The molecule has 0 aliphatic rings. The van der Waals surface area contributed by atoms with Crippen LogP contribution in [-0.2, 0) is 18.1 Å². The van der Waals surface area contributed by atoms with E-state index in [1.807, 2.05) is 0 Å². The van der Waals surface area contributed by atoms with Crippen molar-refractivity contribution in [3.63, 3.8) is 0 Å². The predicted molar refractivity (Wildman–Crippen MR) is 67.2 cm³/mol. The van der Waals surface area contributed by atoms with Crippen molar-refractivity contribution in [2.45, 2.75) is 45.8 Å². The molecule has 0 amide bonds. The molecule has 0 atom stereocenters. The minimum absolute atomic E-state index is 0.165. The molecule has 0 bridgehead atoms. The van der Waals surface area contributed by atoms with Gasteiger partial charge >= 0.3 is 7.82 Å². The lowest BCUT2D eigenvalue weighted by atomic mass is 10.2. The number of terminal acetylenes is 2. The maximum absolute atomic E-state index is 12.3. The summed E-state index contributed by atoms with van der Waals surface area (Å²) in [5.41, 5.74) is -2.12. The van der Waals surface area contributed by atoms with Crippen LogP contribution in [0.25, 0.3) is 0 Å². The Labute approximate surface area is 104 Å². The van der Waals surface area contributed by atoms with Gasteiger partial charge in [0.1, 0.15) is 11.2 Å². The zero-order chi connectivity index (χ0) is 13.7. The highest BCUT2D eigenvalue weighted by molar-refractivity contribution is 7.48. The summed E-state index contributed by atoms with van der Waals surface area (Å²) in [6, 6.07) is 0. The maximum atomic E-state index is 12.3. The zero-order valence-corrected chi connectivity index (χ0v) is 11.8. The fraction of sp³-hybridized carbons (Fsp3) is 0.667. The normalized spacial score (nSPS) is 12.9. The third kappa shape index (κ3) is 5.91. The van der Waals surface area contributed by atoms with Crippen molar-refractivity contribution < 1.29 is 18.1 Å². The molecule has 0 rings (SSSR count). The third-order valence-corrected chi connectivity index (χ3v) is 3.60. The lowest BCUT2D eigenvalue weighted by Gasteiger charge is -2.29. The first-order valence-corrected chi connectivity index (χ1v) is 6.67. The summed E-state index contributed by atoms with van der Waals surface area (Å²) in [6.07, 6.45) is 10.5. The first-order chi connectivity index (χ1) is 7.60. The second kappa shape index (κ2) is 5.71. The quantitative estimate of drug-likeness (QED) is 0.542. The van der Waals surface area contributed by atoms with E-state index in [1.165, 1.54) is 0 Å². The van der Waals surface area contributed by atoms with Gasteiger partial charge in [0.25, 0.3) is 0 Å². The third-order valence-electron chi connectivity index (χ3n) is 1.66. The molecule has 0 fully saturated rings. The molecule has 17 heavy (non-hydrogen) atoms. The van der Waals surface area contributed by atoms with Crippen LogP contribution in [0.4, 0.5) is 0 Å². The molecule has 0 aromatic carbocycles. The molecule has 0 aliphatic carbocycles. The van der Waals surface area contributed by atoms with Crippen molar-refractivity contribution in [3.8, 4) is 24.7 Å². The monoisotopic (exact) mass is 258 g/mol. The average Bonchev–Trinajstić information content (AvgIpc) is 2.16. The molecule has 96 valence electrons. The van der Waals surface area contributed by atoms with E-state index in [1.54, 1.807) is 34.6 Å². The largest absolute Gasteiger partial charge is 0.477 e. The molecule has 0 aromatic heterocycles. The minimum atomic E-state index is -3.78. The SMILES string of the molecule is C#CC(C)(C)OP(=O)(OCC)OC(C)(C)C#C. The van der Waals surface area contributed by atoms with E-state index in [-0.39, 0.29) is 6.61 Å². The predicted octanol–water partition coefficient (Wildman–Crippen LogP) is 2.99. The van der Waals surface area contributed by atoms with Gasteiger partial charge in [-0.3, -0.25) is 13.6 Å². The van der Waals surface area contributed by atoms with Gasteiger partial charge in [0.15, 0.2) is 0 Å². The summed E-state index contributed by atoms with van der Waals surface area (Å²) in [4.78, 5) is 0. The lowest BCUT2D eigenvalue weighted by molar-refractivity contribution is 0.0317. The molecular weight excluding hydrogens is 239 g/mol. The van der Waals surface area contributed by atoms with Crippen LogP contribution >= 0.6 is 7.82 Å². The van der Waals surface area contributed by atoms with E-state index in [2.05, 4.69) is 11.8 Å². The maximum Gasteiger partial charge on any atom is 0.477 e. The fourth-order valence-corrected chi connectivity index (χ4v) is 2.52. The minimum Gasteiger partial charge on any atom is -0.287 e. The van der Waals surface area contributed by atoms with Crippen molar-refractivity contribution in [2.75, 3.05) is 6.61 Å². The van der Waals surface area contributed by atoms with Gasteiger partial charge in [-0.2, -0.15) is 0 Å². The van der Waals surface area contributed by atoms with Crippen LogP contribution in [0.3, 0.4) is 0 Å². The van der Waals surface area contributed by atoms with Crippen molar-refractivity contribution in [2.24, 2.45) is 0 Å². The molecule has 0 spiro atoms. The molecule has 0 N–H and O–H groups in total. The lowest BCUT2D eigenvalue weighted by Crippen LogP contribution is -2.26. The molecule has 0 saturated carbocycles. The van der Waals surface area contributed by atoms with Crippen molar-refractivity contribution >= 4 is 7.82 Å². The summed E-state index contributed by atoms with van der Waals surface area (Å²) in [5.74, 6) is 4.71. The van der Waals surface area contributed by atoms with Gasteiger partial charge in [-0.1, -0.05) is 11.8 Å². The smallest absolute Gasteiger partial charge is 0.287 e. The Bertz CT molecular complexity index is 352. The van der Waals surface area contributed by atoms with Crippen molar-refractivity contribution in [1.29, 1.82) is 0 Å². The molecule has 0 saturated heterocycles. The van der Waals surface area contributed by atoms with E-state index < -0.39 is 19.0 Å². The molecule has 4 nitrogen and oxygen atoms in total. The zero-order valence-electron chi connectivity index (χ0n) is 10.9. The van der Waals surface area contributed by atoms with Crippen LogP contribution in [0.15, 0.2) is 0 Å². The summed E-state index contributed by atoms with van der Waals surface area (Å²) in [6.45, 7) is 8.19. The van der Waals surface area contributed by atoms with Crippen LogP contribution in [-0.4, -0.2) is 17.8 Å². The second-order valence-electron chi connectivity index (χ2n) is 4.36. The Morgan fingerprint density at radius 2 is 1.41 bits per heavy atom. The number of hydrogen-bond donors (Lipinski definition) is 0. The van der Waals surface area contributed by atoms with Crippen LogP contribution in [0.5, 0.6) is 0 Å². The van der Waals surface area contributed by atoms with Crippen LogP contribution in [0, 0.1) is 24.7 Å². The van der Waals surface area contributed by atoms with Gasteiger partial charge in [0, 0.05) is 0 Å². The number of phosphoric acid groups is 1. The summed E-state index contributed by atoms with van der Waals surface area (Å²) < 4.78 is 27.8. The first-order valence-electron chi connectivity index (χ1n) is 5.21. The van der Waals surface area contributed by atoms with Gasteiger partial charge in [0.2, 0.25) is 0 Å². The highest BCUT2D eigenvalue weighted by Gasteiger charge is 2.38. The van der Waals surface area contributed by atoms with Crippen molar-refractivity contribution in [1.82, 2.24) is 0 Å². The Morgan fingerprint density at radius 1 is 1.06 bits per heavy atom. The Morgan fingerprint density at radius 3 is 1.65 bits per heavy atom. The first kappa shape index (κ1) is 16.2. The van der Waals surface area contributed by atoms with Gasteiger partial charge in [-0.25, -0.2) is 4.57 Å². The summed E-state index contributed by atoms with van der Waals surface area (Å²) in [5, 5.41) is 0. The molecule has 5 heteroatoms. The van der Waals surface area contributed by atoms with Gasteiger partial charge in [-0.15, -0.1) is 12.8 Å². The van der Waals surface area contributed by atoms with Crippen LogP contribution < -0.4 is 0 Å². The molecule has 0 aliphatic heterocycles. The number of phosphoric ester groups is 1. The Hall–Kier alpha value is -0.770. The van der Waals surface area contributed by atoms with E-state index in [9.17, 15) is 4.57 Å². The molecule has 0 heterocycles. The van der Waals surface area contributed by atoms with Gasteiger partial charge < -0.3 is 0 Å². The fourth-order valence-electron chi connectivity index (χ4n) is 0.841. The second-order valence-corrected chi connectivity index (χ2v) is 5.87. The topological polar surface area (TPSA) is 44.8 Å². The molecule has 0 aromatic rings. The highest BCUT2D eigenvalue weighted by Crippen LogP contribution is 2.55. The molecule has 0 unspecified atom stereocenters. The van der Waals surface area contributed by atoms with Crippen LogP contribution in [0.2, 0.25) is 0 Å². The molecular formula is C12H19O4P. The number of hydrogen-bond acceptors (Lipinski definition) is 4. The van der Waals surface area contributed by atoms with E-state index in [0.717, 1.165) is 0 Å². The highest BCUT2D eigenvalue weighted by atomic mass is 31.2. The Balaban J connectivity index is 5.02. The Kier molecular flexibility index (Phi) is 5.46. The van der Waals surface area contributed by atoms with E-state index in [0.29, 0.717) is 0 Å².